The summed E-state index contributed by atoms with van der Waals surface area (Å²) in [7, 11) is 1.42. The van der Waals surface area contributed by atoms with Gasteiger partial charge in [-0.2, -0.15) is 5.26 Å². The second-order valence-corrected chi connectivity index (χ2v) is 2.59. The van der Waals surface area contributed by atoms with E-state index in [1.165, 1.54) is 13.2 Å². The van der Waals surface area contributed by atoms with E-state index in [0.29, 0.717) is 12.8 Å². The fraction of sp³-hybridized carbons (Fsp3) is 0.300. The number of hydrogen-bond acceptors (Lipinski definition) is 2. The Kier molecular flexibility index (Phi) is 3.27. The predicted octanol–water partition coefficient (Wildman–Crippen LogP) is 2.29. The Labute approximate surface area is 76.6 Å². The van der Waals surface area contributed by atoms with E-state index in [1.54, 1.807) is 12.1 Å². The van der Waals surface area contributed by atoms with Gasteiger partial charge in [0.25, 0.3) is 0 Å². The molecule has 0 saturated heterocycles. The maximum Gasteiger partial charge on any atom is 0.165 e. The summed E-state index contributed by atoms with van der Waals surface area (Å²) in [5, 5.41) is 8.38. The lowest BCUT2D eigenvalue weighted by Crippen LogP contribution is -1.94. The number of methoxy groups -OCH3 is 1. The molecule has 0 aromatic heterocycles. The molecule has 0 radical (unpaired) electrons. The Bertz CT molecular complexity index is 330. The third-order valence-electron chi connectivity index (χ3n) is 1.76. The molecule has 0 aliphatic rings. The molecule has 0 saturated carbocycles. The predicted molar refractivity (Wildman–Crippen MR) is 46.9 cm³/mol. The molecule has 68 valence electrons. The number of nitrogens with zero attached hydrogens (tertiary/aromatic N) is 1. The number of nitriles is 1. The van der Waals surface area contributed by atoms with Gasteiger partial charge in [0.2, 0.25) is 0 Å². The molecule has 1 aromatic carbocycles. The summed E-state index contributed by atoms with van der Waals surface area (Å²) >= 11 is 0. The molecular formula is C10H10FNO. The molecular weight excluding hydrogens is 169 g/mol. The molecule has 1 rings (SSSR count). The number of aryl methyl sites for hydroxylation is 1. The second-order valence-electron chi connectivity index (χ2n) is 2.59. The van der Waals surface area contributed by atoms with Gasteiger partial charge in [-0.25, -0.2) is 4.39 Å². The number of hydrogen-bond donors (Lipinski definition) is 0. The van der Waals surface area contributed by atoms with Crippen molar-refractivity contribution in [2.24, 2.45) is 0 Å². The fourth-order valence-electron chi connectivity index (χ4n) is 1.17. The molecule has 1 aromatic rings. The van der Waals surface area contributed by atoms with Crippen LogP contribution in [0.2, 0.25) is 0 Å². The van der Waals surface area contributed by atoms with Crippen LogP contribution >= 0.6 is 0 Å². The van der Waals surface area contributed by atoms with Crippen LogP contribution in [0.3, 0.4) is 0 Å². The Balaban J connectivity index is 2.93. The van der Waals surface area contributed by atoms with Crippen LogP contribution in [0, 0.1) is 17.1 Å². The van der Waals surface area contributed by atoms with Gasteiger partial charge in [0.15, 0.2) is 11.6 Å². The topological polar surface area (TPSA) is 33.0 Å². The molecule has 3 heteroatoms. The smallest absolute Gasteiger partial charge is 0.165 e. The van der Waals surface area contributed by atoms with Crippen molar-refractivity contribution < 1.29 is 9.13 Å². The van der Waals surface area contributed by atoms with Gasteiger partial charge in [-0.3, -0.25) is 0 Å². The fourth-order valence-corrected chi connectivity index (χ4v) is 1.17. The summed E-state index contributed by atoms with van der Waals surface area (Å²) in [6, 6.07) is 6.73. The molecule has 0 unspecified atom stereocenters. The van der Waals surface area contributed by atoms with Gasteiger partial charge in [0, 0.05) is 6.42 Å². The monoisotopic (exact) mass is 179 g/mol. The minimum Gasteiger partial charge on any atom is -0.493 e. The van der Waals surface area contributed by atoms with Crippen LogP contribution < -0.4 is 4.74 Å². The van der Waals surface area contributed by atoms with Crippen molar-refractivity contribution in [1.29, 1.82) is 5.26 Å². The zero-order valence-electron chi connectivity index (χ0n) is 7.38. The van der Waals surface area contributed by atoms with E-state index < -0.39 is 0 Å². The van der Waals surface area contributed by atoms with E-state index in [2.05, 4.69) is 0 Å². The molecule has 0 bridgehead atoms. The lowest BCUT2D eigenvalue weighted by Gasteiger charge is -2.06. The highest BCUT2D eigenvalue weighted by Gasteiger charge is 2.07. The minimum atomic E-state index is -0.377. The van der Waals surface area contributed by atoms with Gasteiger partial charge in [0.1, 0.15) is 0 Å². The average Bonchev–Trinajstić information content (AvgIpc) is 2.15. The number of rotatable bonds is 3. The van der Waals surface area contributed by atoms with Crippen molar-refractivity contribution in [3.63, 3.8) is 0 Å². The largest absolute Gasteiger partial charge is 0.493 e. The van der Waals surface area contributed by atoms with E-state index in [0.717, 1.165) is 5.56 Å². The molecule has 0 aliphatic carbocycles. The molecule has 0 atom stereocenters. The number of ether oxygens (including phenoxy) is 1. The van der Waals surface area contributed by atoms with Gasteiger partial charge in [-0.1, -0.05) is 12.1 Å². The number of benzene rings is 1. The molecule has 0 fully saturated rings. The molecule has 0 heterocycles. The summed E-state index contributed by atoms with van der Waals surface area (Å²) in [6.45, 7) is 0. The zero-order chi connectivity index (χ0) is 9.68. The lowest BCUT2D eigenvalue weighted by molar-refractivity contribution is 0.381. The molecule has 0 spiro atoms. The van der Waals surface area contributed by atoms with Crippen LogP contribution in [0.15, 0.2) is 18.2 Å². The number of para-hydroxylation sites is 1. The van der Waals surface area contributed by atoms with Crippen LogP contribution in [0.1, 0.15) is 12.0 Å². The van der Waals surface area contributed by atoms with Gasteiger partial charge in [0.05, 0.1) is 13.2 Å². The maximum atomic E-state index is 13.1. The van der Waals surface area contributed by atoms with Crippen LogP contribution in [-0.4, -0.2) is 7.11 Å². The van der Waals surface area contributed by atoms with Gasteiger partial charge in [-0.05, 0) is 18.1 Å². The van der Waals surface area contributed by atoms with Crippen molar-refractivity contribution in [3.8, 4) is 11.8 Å². The maximum absolute atomic E-state index is 13.1. The second kappa shape index (κ2) is 4.46. The van der Waals surface area contributed by atoms with Crippen molar-refractivity contribution in [3.05, 3.63) is 29.6 Å². The van der Waals surface area contributed by atoms with E-state index in [9.17, 15) is 4.39 Å². The first-order valence-corrected chi connectivity index (χ1v) is 3.98. The van der Waals surface area contributed by atoms with E-state index in [-0.39, 0.29) is 11.6 Å². The quantitative estimate of drug-likeness (QED) is 0.713. The van der Waals surface area contributed by atoms with Crippen molar-refractivity contribution in [2.45, 2.75) is 12.8 Å². The standard InChI is InChI=1S/C10H10FNO/c1-13-10-8(5-3-7-12)4-2-6-9(10)11/h2,4,6H,3,5H2,1H3. The van der Waals surface area contributed by atoms with E-state index >= 15 is 0 Å². The Morgan fingerprint density at radius 3 is 2.92 bits per heavy atom. The minimum absolute atomic E-state index is 0.248. The normalized spacial score (nSPS) is 9.31. The summed E-state index contributed by atoms with van der Waals surface area (Å²) in [6.07, 6.45) is 0.900. The van der Waals surface area contributed by atoms with E-state index in [1.807, 2.05) is 6.07 Å². The highest BCUT2D eigenvalue weighted by atomic mass is 19.1. The van der Waals surface area contributed by atoms with Crippen molar-refractivity contribution >= 4 is 0 Å². The Hall–Kier alpha value is -1.56. The first kappa shape index (κ1) is 9.53. The van der Waals surface area contributed by atoms with Crippen LogP contribution in [0.4, 0.5) is 4.39 Å². The SMILES string of the molecule is COc1c(F)cccc1CCC#N. The highest BCUT2D eigenvalue weighted by Crippen LogP contribution is 2.22. The van der Waals surface area contributed by atoms with Gasteiger partial charge >= 0.3 is 0 Å². The van der Waals surface area contributed by atoms with Crippen LogP contribution in [0.5, 0.6) is 5.75 Å². The van der Waals surface area contributed by atoms with Crippen molar-refractivity contribution in [1.82, 2.24) is 0 Å². The van der Waals surface area contributed by atoms with E-state index in [4.69, 9.17) is 10.00 Å². The molecule has 13 heavy (non-hydrogen) atoms. The Morgan fingerprint density at radius 2 is 2.31 bits per heavy atom. The molecule has 2 nitrogen and oxygen atoms in total. The molecule has 0 amide bonds. The molecule has 0 aliphatic heterocycles. The highest BCUT2D eigenvalue weighted by molar-refractivity contribution is 5.35. The summed E-state index contributed by atoms with van der Waals surface area (Å²) in [4.78, 5) is 0. The van der Waals surface area contributed by atoms with Gasteiger partial charge in [-0.15, -0.1) is 0 Å². The average molecular weight is 179 g/mol. The van der Waals surface area contributed by atoms with Crippen LogP contribution in [-0.2, 0) is 6.42 Å². The third-order valence-corrected chi connectivity index (χ3v) is 1.76. The molecule has 0 N–H and O–H groups in total. The Morgan fingerprint density at radius 1 is 1.54 bits per heavy atom. The number of halogens is 1. The summed E-state index contributed by atoms with van der Waals surface area (Å²) < 4.78 is 18.0. The summed E-state index contributed by atoms with van der Waals surface area (Å²) in [5.74, 6) is -0.129. The lowest BCUT2D eigenvalue weighted by atomic mass is 10.1. The first-order valence-electron chi connectivity index (χ1n) is 3.98. The summed E-state index contributed by atoms with van der Waals surface area (Å²) in [5.41, 5.74) is 0.740. The van der Waals surface area contributed by atoms with Crippen molar-refractivity contribution in [2.75, 3.05) is 7.11 Å². The van der Waals surface area contributed by atoms with Crippen LogP contribution in [0.25, 0.3) is 0 Å². The third kappa shape index (κ3) is 2.19. The first-order chi connectivity index (χ1) is 6.29. The zero-order valence-corrected chi connectivity index (χ0v) is 7.38. The van der Waals surface area contributed by atoms with Gasteiger partial charge < -0.3 is 4.74 Å².